The van der Waals surface area contributed by atoms with Crippen LogP contribution in [0.3, 0.4) is 0 Å². The fourth-order valence-electron chi connectivity index (χ4n) is 7.97. The zero-order valence-corrected chi connectivity index (χ0v) is 29.3. The zero-order valence-electron chi connectivity index (χ0n) is 29.3. The van der Waals surface area contributed by atoms with Crippen LogP contribution in [0, 0.1) is 13.8 Å². The van der Waals surface area contributed by atoms with Gasteiger partial charge in [0.15, 0.2) is 0 Å². The lowest BCUT2D eigenvalue weighted by atomic mass is 9.67. The van der Waals surface area contributed by atoms with Crippen LogP contribution < -0.4 is 9.47 Å². The van der Waals surface area contributed by atoms with E-state index in [1.807, 2.05) is 98.8 Å². The Labute approximate surface area is 307 Å². The van der Waals surface area contributed by atoms with Gasteiger partial charge in [-0.3, -0.25) is 0 Å². The molecule has 8 aromatic carbocycles. The van der Waals surface area contributed by atoms with E-state index < -0.39 is 17.4 Å². The lowest BCUT2D eigenvalue weighted by molar-refractivity contribution is 0.0724. The zero-order chi connectivity index (χ0) is 36.1. The number of hydrogen-bond acceptors (Lipinski definition) is 4. The van der Waals surface area contributed by atoms with Gasteiger partial charge >= 0.3 is 11.9 Å². The van der Waals surface area contributed by atoms with Crippen molar-refractivity contribution in [2.75, 3.05) is 0 Å². The molecule has 0 N–H and O–H groups in total. The molecule has 8 aromatic rings. The quantitative estimate of drug-likeness (QED) is 0.129. The third-order valence-corrected chi connectivity index (χ3v) is 10.5. The maximum Gasteiger partial charge on any atom is 0.343 e. The molecular formula is C49H34O4. The number of fused-ring (bicyclic) bond motifs is 5. The van der Waals surface area contributed by atoms with E-state index in [1.165, 1.54) is 0 Å². The maximum atomic E-state index is 13.4. The van der Waals surface area contributed by atoms with Crippen molar-refractivity contribution in [2.24, 2.45) is 0 Å². The summed E-state index contributed by atoms with van der Waals surface area (Å²) in [6.07, 6.45) is 0. The van der Waals surface area contributed by atoms with Crippen LogP contribution in [-0.2, 0) is 5.41 Å². The van der Waals surface area contributed by atoms with Crippen LogP contribution in [0.5, 0.6) is 11.5 Å². The maximum absolute atomic E-state index is 13.4. The minimum absolute atomic E-state index is 0.401. The molecule has 254 valence electrons. The Morgan fingerprint density at radius 3 is 1.25 bits per heavy atom. The van der Waals surface area contributed by atoms with Gasteiger partial charge in [0.05, 0.1) is 16.5 Å². The van der Waals surface area contributed by atoms with Crippen LogP contribution in [0.15, 0.2) is 170 Å². The molecule has 53 heavy (non-hydrogen) atoms. The van der Waals surface area contributed by atoms with Gasteiger partial charge in [0.2, 0.25) is 0 Å². The Morgan fingerprint density at radius 1 is 0.415 bits per heavy atom. The summed E-state index contributed by atoms with van der Waals surface area (Å²) in [7, 11) is 0. The molecule has 9 rings (SSSR count). The molecule has 0 atom stereocenters. The van der Waals surface area contributed by atoms with Crippen LogP contribution in [0.25, 0.3) is 32.7 Å². The number of ether oxygens (including phenoxy) is 2. The number of carbonyl (C=O) groups excluding carboxylic acids is 2. The summed E-state index contributed by atoms with van der Waals surface area (Å²) in [5.41, 5.74) is 8.71. The molecule has 4 heteroatoms. The smallest absolute Gasteiger partial charge is 0.343 e. The van der Waals surface area contributed by atoms with E-state index in [0.717, 1.165) is 66.1 Å². The summed E-state index contributed by atoms with van der Waals surface area (Å²) in [5, 5.41) is 4.11. The monoisotopic (exact) mass is 686 g/mol. The van der Waals surface area contributed by atoms with Crippen LogP contribution in [0.4, 0.5) is 0 Å². The van der Waals surface area contributed by atoms with Crippen molar-refractivity contribution in [3.8, 4) is 22.6 Å². The average Bonchev–Trinajstić information content (AvgIpc) is 3.50. The number of rotatable bonds is 6. The molecule has 0 aliphatic heterocycles. The highest BCUT2D eigenvalue weighted by Crippen LogP contribution is 2.56. The van der Waals surface area contributed by atoms with E-state index in [0.29, 0.717) is 22.6 Å². The van der Waals surface area contributed by atoms with E-state index in [9.17, 15) is 9.59 Å². The second kappa shape index (κ2) is 12.8. The topological polar surface area (TPSA) is 52.6 Å². The first-order valence-electron chi connectivity index (χ1n) is 17.7. The van der Waals surface area contributed by atoms with Crippen LogP contribution in [0.2, 0.25) is 0 Å². The lowest BCUT2D eigenvalue weighted by Gasteiger charge is -2.34. The number of benzene rings is 8. The first-order valence-corrected chi connectivity index (χ1v) is 17.7. The lowest BCUT2D eigenvalue weighted by Crippen LogP contribution is -2.29. The molecule has 0 saturated heterocycles. The van der Waals surface area contributed by atoms with Crippen LogP contribution in [-0.4, -0.2) is 11.9 Å². The van der Waals surface area contributed by atoms with Gasteiger partial charge in [-0.15, -0.1) is 0 Å². The number of hydrogen-bond donors (Lipinski definition) is 0. The highest BCUT2D eigenvalue weighted by Gasteiger charge is 2.46. The molecule has 0 amide bonds. The molecule has 0 spiro atoms. The summed E-state index contributed by atoms with van der Waals surface area (Å²) in [6, 6.07) is 56.4. The summed E-state index contributed by atoms with van der Waals surface area (Å²) in [4.78, 5) is 26.8. The van der Waals surface area contributed by atoms with Gasteiger partial charge in [-0.05, 0) is 116 Å². The molecule has 0 bridgehead atoms. The largest absolute Gasteiger partial charge is 0.423 e. The predicted molar refractivity (Wildman–Crippen MR) is 211 cm³/mol. The van der Waals surface area contributed by atoms with Crippen LogP contribution in [0.1, 0.15) is 54.1 Å². The Bertz CT molecular complexity index is 2570. The molecule has 1 aliphatic carbocycles. The second-order valence-electron chi connectivity index (χ2n) is 13.7. The third kappa shape index (κ3) is 5.39. The molecule has 0 fully saturated rings. The normalized spacial score (nSPS) is 12.6. The fraction of sp³-hybridized carbons (Fsp3) is 0.0612. The van der Waals surface area contributed by atoms with Crippen molar-refractivity contribution >= 4 is 33.5 Å². The van der Waals surface area contributed by atoms with E-state index in [1.54, 1.807) is 12.1 Å². The average molecular weight is 687 g/mol. The van der Waals surface area contributed by atoms with Crippen molar-refractivity contribution in [1.29, 1.82) is 0 Å². The third-order valence-electron chi connectivity index (χ3n) is 10.5. The summed E-state index contributed by atoms with van der Waals surface area (Å²) in [5.74, 6) is 0.215. The minimum Gasteiger partial charge on any atom is -0.423 e. The molecule has 0 saturated carbocycles. The summed E-state index contributed by atoms with van der Waals surface area (Å²) < 4.78 is 12.0. The summed E-state index contributed by atoms with van der Waals surface area (Å²) in [6.45, 7) is 3.96. The van der Waals surface area contributed by atoms with Gasteiger partial charge in [0.1, 0.15) is 11.5 Å². The van der Waals surface area contributed by atoms with Crippen LogP contribution >= 0.6 is 0 Å². The van der Waals surface area contributed by atoms with Gasteiger partial charge in [0, 0.05) is 0 Å². The molecule has 0 heterocycles. The van der Waals surface area contributed by atoms with Crippen molar-refractivity contribution < 1.29 is 19.1 Å². The predicted octanol–water partition coefficient (Wildman–Crippen LogP) is 11.4. The van der Waals surface area contributed by atoms with Crippen molar-refractivity contribution in [3.63, 3.8) is 0 Å². The van der Waals surface area contributed by atoms with E-state index >= 15 is 0 Å². The standard InChI is InChI=1S/C49H34O4/c1-31-27-39(23-25-45(31)52-47(50)37-21-19-33-11-3-5-13-35(33)29-37)49(43-17-9-7-15-41(43)42-16-8-10-18-44(42)49)40-24-26-46(32(2)28-40)53-48(51)38-22-20-34-12-4-6-14-36(34)30-38/h3-30H,1-2H3. The minimum atomic E-state index is -0.690. The molecule has 0 unspecified atom stereocenters. The molecule has 0 radical (unpaired) electrons. The van der Waals surface area contributed by atoms with Gasteiger partial charge in [-0.2, -0.15) is 0 Å². The number of carbonyl (C=O) groups is 2. The second-order valence-corrected chi connectivity index (χ2v) is 13.7. The van der Waals surface area contributed by atoms with E-state index in [4.69, 9.17) is 9.47 Å². The molecule has 4 nitrogen and oxygen atoms in total. The highest BCUT2D eigenvalue weighted by molar-refractivity contribution is 5.97. The van der Waals surface area contributed by atoms with Crippen molar-refractivity contribution in [1.82, 2.24) is 0 Å². The fourth-order valence-corrected chi connectivity index (χ4v) is 7.97. The SMILES string of the molecule is Cc1cc(C2(c3ccc(OC(=O)c4ccc5ccccc5c4)c(C)c3)c3ccccc3-c3ccccc32)ccc1OC(=O)c1ccc2ccccc2c1. The number of esters is 2. The first-order chi connectivity index (χ1) is 25.9. The molecular weight excluding hydrogens is 653 g/mol. The first kappa shape index (κ1) is 32.1. The van der Waals surface area contributed by atoms with Gasteiger partial charge in [-0.25, -0.2) is 9.59 Å². The molecule has 1 aliphatic rings. The Kier molecular flexibility index (Phi) is 7.74. The van der Waals surface area contributed by atoms with E-state index in [-0.39, 0.29) is 0 Å². The highest BCUT2D eigenvalue weighted by atomic mass is 16.5. The van der Waals surface area contributed by atoms with Gasteiger partial charge < -0.3 is 9.47 Å². The van der Waals surface area contributed by atoms with E-state index in [2.05, 4.69) is 72.8 Å². The van der Waals surface area contributed by atoms with Crippen molar-refractivity contribution in [3.05, 3.63) is 214 Å². The Hall–Kier alpha value is -6.78. The van der Waals surface area contributed by atoms with Gasteiger partial charge in [0.25, 0.3) is 0 Å². The molecule has 0 aromatic heterocycles. The van der Waals surface area contributed by atoms with Crippen molar-refractivity contribution in [2.45, 2.75) is 19.3 Å². The number of aryl methyl sites for hydroxylation is 2. The summed E-state index contributed by atoms with van der Waals surface area (Å²) >= 11 is 0. The Balaban J connectivity index is 1.11. The Morgan fingerprint density at radius 2 is 0.811 bits per heavy atom. The van der Waals surface area contributed by atoms with Gasteiger partial charge in [-0.1, -0.05) is 133 Å².